The number of rotatable bonds is 3. The second-order valence-corrected chi connectivity index (χ2v) is 4.03. The first-order valence-corrected chi connectivity index (χ1v) is 5.62. The maximum absolute atomic E-state index is 10.9. The average molecular weight is 253 g/mol. The number of benzene rings is 2. The smallest absolute Gasteiger partial charge is 0.335 e. The van der Waals surface area contributed by atoms with E-state index in [1.165, 1.54) is 12.1 Å². The fraction of sp³-hybridized carbons (Fsp3) is 0.0667. The maximum atomic E-state index is 10.9. The van der Waals surface area contributed by atoms with Gasteiger partial charge in [-0.05, 0) is 42.8 Å². The van der Waals surface area contributed by atoms with E-state index in [1.54, 1.807) is 30.3 Å². The van der Waals surface area contributed by atoms with E-state index < -0.39 is 5.97 Å². The monoisotopic (exact) mass is 253 g/mol. The van der Waals surface area contributed by atoms with Crippen molar-refractivity contribution in [3.05, 3.63) is 59.2 Å². The van der Waals surface area contributed by atoms with Gasteiger partial charge in [0.2, 0.25) is 0 Å². The molecule has 0 aliphatic carbocycles. The lowest BCUT2D eigenvalue weighted by atomic mass is 10.1. The minimum absolute atomic E-state index is 0.159. The van der Waals surface area contributed by atoms with Crippen LogP contribution in [0.3, 0.4) is 0 Å². The number of hydrogen-bond donors (Lipinski definition) is 1. The molecule has 2 aromatic carbocycles. The van der Waals surface area contributed by atoms with Crippen LogP contribution >= 0.6 is 0 Å². The number of aromatic carboxylic acids is 1. The summed E-state index contributed by atoms with van der Waals surface area (Å²) in [5.74, 6) is -0.0346. The first kappa shape index (κ1) is 12.7. The Labute approximate surface area is 110 Å². The fourth-order valence-electron chi connectivity index (χ4n) is 1.60. The third-order valence-electron chi connectivity index (χ3n) is 2.63. The van der Waals surface area contributed by atoms with Crippen LogP contribution in [0.5, 0.6) is 11.5 Å². The molecule has 0 heterocycles. The molecule has 0 radical (unpaired) electrons. The van der Waals surface area contributed by atoms with E-state index in [2.05, 4.69) is 0 Å². The molecule has 0 aromatic heterocycles. The Balaban J connectivity index is 2.33. The van der Waals surface area contributed by atoms with Crippen molar-refractivity contribution in [1.82, 2.24) is 0 Å². The Morgan fingerprint density at radius 2 is 2.05 bits per heavy atom. The van der Waals surface area contributed by atoms with Crippen molar-refractivity contribution in [2.75, 3.05) is 0 Å². The van der Waals surface area contributed by atoms with Crippen molar-refractivity contribution >= 4 is 5.97 Å². The van der Waals surface area contributed by atoms with E-state index in [1.807, 2.05) is 13.0 Å². The first-order chi connectivity index (χ1) is 9.10. The van der Waals surface area contributed by atoms with E-state index in [0.717, 1.165) is 5.56 Å². The van der Waals surface area contributed by atoms with Crippen LogP contribution in [0.1, 0.15) is 21.5 Å². The van der Waals surface area contributed by atoms with Gasteiger partial charge in [-0.25, -0.2) is 4.79 Å². The molecule has 4 nitrogen and oxygen atoms in total. The van der Waals surface area contributed by atoms with Crippen molar-refractivity contribution in [1.29, 1.82) is 5.26 Å². The highest BCUT2D eigenvalue weighted by atomic mass is 16.5. The molecule has 0 amide bonds. The van der Waals surface area contributed by atoms with Crippen molar-refractivity contribution in [2.45, 2.75) is 6.92 Å². The molecule has 4 heteroatoms. The van der Waals surface area contributed by atoms with Gasteiger partial charge in [-0.3, -0.25) is 0 Å². The predicted molar refractivity (Wildman–Crippen MR) is 69.4 cm³/mol. The van der Waals surface area contributed by atoms with Crippen LogP contribution in [0.4, 0.5) is 0 Å². The molecule has 0 saturated heterocycles. The summed E-state index contributed by atoms with van der Waals surface area (Å²) in [4.78, 5) is 10.9. The molecule has 0 unspecified atom stereocenters. The Morgan fingerprint density at radius 1 is 1.26 bits per heavy atom. The Hall–Kier alpha value is -2.80. The Morgan fingerprint density at radius 3 is 2.74 bits per heavy atom. The van der Waals surface area contributed by atoms with E-state index in [4.69, 9.17) is 15.1 Å². The van der Waals surface area contributed by atoms with Crippen molar-refractivity contribution in [3.8, 4) is 17.6 Å². The molecule has 0 aliphatic rings. The van der Waals surface area contributed by atoms with Gasteiger partial charge in [0.05, 0.1) is 17.2 Å². The highest BCUT2D eigenvalue weighted by molar-refractivity contribution is 5.88. The first-order valence-electron chi connectivity index (χ1n) is 5.62. The number of carboxylic acids is 1. The Kier molecular flexibility index (Phi) is 3.48. The number of carbonyl (C=O) groups is 1. The van der Waals surface area contributed by atoms with Gasteiger partial charge in [0.25, 0.3) is 0 Å². The second kappa shape index (κ2) is 5.23. The van der Waals surface area contributed by atoms with Crippen molar-refractivity contribution in [3.63, 3.8) is 0 Å². The van der Waals surface area contributed by atoms with Gasteiger partial charge in [-0.2, -0.15) is 5.26 Å². The lowest BCUT2D eigenvalue weighted by molar-refractivity contribution is 0.0696. The van der Waals surface area contributed by atoms with Crippen LogP contribution in [0.2, 0.25) is 0 Å². The normalized spacial score (nSPS) is 9.68. The summed E-state index contributed by atoms with van der Waals surface area (Å²) >= 11 is 0. The molecule has 0 saturated carbocycles. The van der Waals surface area contributed by atoms with Gasteiger partial charge in [-0.1, -0.05) is 12.1 Å². The quantitative estimate of drug-likeness (QED) is 0.910. The van der Waals surface area contributed by atoms with Gasteiger partial charge in [0.1, 0.15) is 11.5 Å². The van der Waals surface area contributed by atoms with Gasteiger partial charge >= 0.3 is 5.97 Å². The molecule has 0 fully saturated rings. The molecule has 0 atom stereocenters. The number of carboxylic acid groups (broad SMARTS) is 1. The predicted octanol–water partition coefficient (Wildman–Crippen LogP) is 3.36. The standard InChI is InChI=1S/C15H11NO3/c1-10-5-6-11(9-16)7-14(10)19-13-4-2-3-12(8-13)15(17)18/h2-8H,1H3,(H,17,18). The minimum Gasteiger partial charge on any atom is -0.478 e. The highest BCUT2D eigenvalue weighted by Crippen LogP contribution is 2.26. The summed E-state index contributed by atoms with van der Waals surface area (Å²) in [6, 6.07) is 13.4. The van der Waals surface area contributed by atoms with Crippen LogP contribution in [-0.2, 0) is 0 Å². The number of hydrogen-bond acceptors (Lipinski definition) is 3. The third-order valence-corrected chi connectivity index (χ3v) is 2.63. The number of ether oxygens (including phenoxy) is 1. The second-order valence-electron chi connectivity index (χ2n) is 4.03. The number of nitriles is 1. The lowest BCUT2D eigenvalue weighted by Gasteiger charge is -2.09. The lowest BCUT2D eigenvalue weighted by Crippen LogP contribution is -1.96. The summed E-state index contributed by atoms with van der Waals surface area (Å²) in [5, 5.41) is 17.8. The SMILES string of the molecule is Cc1ccc(C#N)cc1Oc1cccc(C(=O)O)c1. The minimum atomic E-state index is -1.01. The molecule has 0 bridgehead atoms. The molecule has 1 N–H and O–H groups in total. The van der Waals surface area contributed by atoms with Crippen LogP contribution in [0, 0.1) is 18.3 Å². The molecular weight excluding hydrogens is 242 g/mol. The molecule has 2 aromatic rings. The average Bonchev–Trinajstić information content (AvgIpc) is 2.41. The third kappa shape index (κ3) is 2.90. The summed E-state index contributed by atoms with van der Waals surface area (Å²) in [6.07, 6.45) is 0. The molecular formula is C15H11NO3. The van der Waals surface area contributed by atoms with Crippen LogP contribution in [0.25, 0.3) is 0 Å². The number of nitrogens with zero attached hydrogens (tertiary/aromatic N) is 1. The van der Waals surface area contributed by atoms with Gasteiger partial charge in [-0.15, -0.1) is 0 Å². The zero-order chi connectivity index (χ0) is 13.8. The Bertz CT molecular complexity index is 671. The van der Waals surface area contributed by atoms with E-state index in [-0.39, 0.29) is 5.56 Å². The van der Waals surface area contributed by atoms with Crippen LogP contribution in [-0.4, -0.2) is 11.1 Å². The summed E-state index contributed by atoms with van der Waals surface area (Å²) in [5.41, 5.74) is 1.53. The topological polar surface area (TPSA) is 70.3 Å². The molecule has 19 heavy (non-hydrogen) atoms. The largest absolute Gasteiger partial charge is 0.478 e. The highest BCUT2D eigenvalue weighted by Gasteiger charge is 2.07. The summed E-state index contributed by atoms with van der Waals surface area (Å²) in [6.45, 7) is 1.86. The zero-order valence-electron chi connectivity index (χ0n) is 10.3. The van der Waals surface area contributed by atoms with E-state index in [0.29, 0.717) is 17.1 Å². The maximum Gasteiger partial charge on any atom is 0.335 e. The van der Waals surface area contributed by atoms with E-state index in [9.17, 15) is 4.79 Å². The van der Waals surface area contributed by atoms with Crippen LogP contribution in [0.15, 0.2) is 42.5 Å². The van der Waals surface area contributed by atoms with Gasteiger partial charge < -0.3 is 9.84 Å². The molecule has 94 valence electrons. The number of aryl methyl sites for hydroxylation is 1. The fourth-order valence-corrected chi connectivity index (χ4v) is 1.60. The summed E-state index contributed by atoms with van der Waals surface area (Å²) in [7, 11) is 0. The van der Waals surface area contributed by atoms with Crippen molar-refractivity contribution in [2.24, 2.45) is 0 Å². The van der Waals surface area contributed by atoms with Gasteiger partial charge in [0, 0.05) is 0 Å². The van der Waals surface area contributed by atoms with Crippen molar-refractivity contribution < 1.29 is 14.6 Å². The van der Waals surface area contributed by atoms with Gasteiger partial charge in [0.15, 0.2) is 0 Å². The summed E-state index contributed by atoms with van der Waals surface area (Å²) < 4.78 is 5.63. The van der Waals surface area contributed by atoms with Crippen LogP contribution < -0.4 is 4.74 Å². The van der Waals surface area contributed by atoms with E-state index >= 15 is 0 Å². The molecule has 0 spiro atoms. The zero-order valence-corrected chi connectivity index (χ0v) is 10.3. The molecule has 2 rings (SSSR count). The molecule has 0 aliphatic heterocycles.